The van der Waals surface area contributed by atoms with Gasteiger partial charge < -0.3 is 44.7 Å². The van der Waals surface area contributed by atoms with Gasteiger partial charge in [-0.2, -0.15) is 0 Å². The van der Waals surface area contributed by atoms with Crippen LogP contribution in [0.3, 0.4) is 0 Å². The molecule has 2 rings (SSSR count). The van der Waals surface area contributed by atoms with Crippen molar-refractivity contribution in [3.8, 4) is 0 Å². The number of hydrogen-bond acceptors (Lipinski definition) is 11. The number of amides is 4. The normalized spacial score (nSPS) is 18.2. The molecule has 1 aromatic rings. The van der Waals surface area contributed by atoms with Crippen molar-refractivity contribution in [2.45, 2.75) is 143 Å². The van der Waals surface area contributed by atoms with Crippen LogP contribution in [-0.2, 0) is 49.3 Å². The largest absolute Gasteiger partial charge is 0.467 e. The molecule has 0 radical (unpaired) electrons. The number of ether oxygens (including phenoxy) is 4. The zero-order valence-electron chi connectivity index (χ0n) is 40.4. The van der Waals surface area contributed by atoms with Gasteiger partial charge in [0, 0.05) is 53.4 Å². The van der Waals surface area contributed by atoms with Crippen LogP contribution in [0, 0.1) is 23.7 Å². The number of carbonyl (C=O) groups excluding carboxylic acids is 5. The Kier molecular flexibility index (Phi) is 24.2. The van der Waals surface area contributed by atoms with Gasteiger partial charge in [-0.3, -0.25) is 24.1 Å². The number of likely N-dealkylation sites (N-methyl/N-ethyl adjacent to an activating group) is 2. The van der Waals surface area contributed by atoms with E-state index in [0.717, 1.165) is 18.5 Å². The van der Waals surface area contributed by atoms with Gasteiger partial charge >= 0.3 is 5.97 Å². The number of esters is 1. The van der Waals surface area contributed by atoms with Crippen LogP contribution < -0.4 is 16.0 Å². The fraction of sp³-hybridized carbons (Fsp3) is 0.766. The first kappa shape index (κ1) is 54.5. The molecule has 1 aliphatic heterocycles. The Bertz CT molecular complexity index is 1510. The summed E-state index contributed by atoms with van der Waals surface area (Å²) in [5.41, 5.74) is 0.873. The summed E-state index contributed by atoms with van der Waals surface area (Å²) >= 11 is 0. The zero-order chi connectivity index (χ0) is 46.7. The number of rotatable bonds is 28. The lowest BCUT2D eigenvalue weighted by Crippen LogP contribution is -2.60. The lowest BCUT2D eigenvalue weighted by molar-refractivity contribution is -0.149. The fourth-order valence-electron chi connectivity index (χ4n) is 8.65. The topological polar surface area (TPSA) is 168 Å². The molecule has 9 atom stereocenters. The van der Waals surface area contributed by atoms with Crippen LogP contribution in [0.15, 0.2) is 30.3 Å². The number of methoxy groups -OCH3 is 3. The molecule has 0 aromatic heterocycles. The van der Waals surface area contributed by atoms with Crippen molar-refractivity contribution in [2.24, 2.45) is 23.7 Å². The van der Waals surface area contributed by atoms with Crippen molar-refractivity contribution in [1.82, 2.24) is 30.7 Å². The van der Waals surface area contributed by atoms with E-state index in [-0.39, 0.29) is 54.2 Å². The number of carbonyl (C=O) groups is 5. The Balaban J connectivity index is 2.24. The average Bonchev–Trinajstić information content (AvgIpc) is 3.72. The molecule has 0 spiro atoms. The van der Waals surface area contributed by atoms with Gasteiger partial charge in [-0.05, 0) is 43.2 Å². The number of benzene rings is 1. The van der Waals surface area contributed by atoms with Crippen molar-refractivity contribution < 1.29 is 42.9 Å². The van der Waals surface area contributed by atoms with Crippen LogP contribution in [0.2, 0.25) is 0 Å². The van der Waals surface area contributed by atoms with Gasteiger partial charge in [0.1, 0.15) is 12.1 Å². The highest BCUT2D eigenvalue weighted by Gasteiger charge is 2.43. The van der Waals surface area contributed by atoms with E-state index in [1.165, 1.54) is 14.2 Å². The minimum Gasteiger partial charge on any atom is -0.467 e. The predicted octanol–water partition coefficient (Wildman–Crippen LogP) is 3.92. The van der Waals surface area contributed by atoms with Crippen molar-refractivity contribution in [1.29, 1.82) is 0 Å². The lowest BCUT2D eigenvalue weighted by Gasteiger charge is -2.41. The standard InChI is InChI=1S/C47H82N6O9/c1-15-33(8)42(52(11)46(57)40(30(2)3)50-45(56)41(31(4)5)51(10)25-27-62-26-23-48-32(6)7)38(59-12)29-39(54)53-24-19-22-37(53)43(60-13)34(9)44(55)49-36(47(58)61-14)28-35-20-17-16-18-21-35/h16-18,20-21,30-34,36-38,40-43,48H,15,19,22-29H2,1-14H3,(H,49,55)(H,50,56)/t33-,34+,36-,37-,38+,40-,41-,42-,43+/m0/s1. The van der Waals surface area contributed by atoms with Crippen molar-refractivity contribution in [2.75, 3.05) is 68.3 Å². The molecule has 354 valence electrons. The van der Waals surface area contributed by atoms with E-state index in [9.17, 15) is 24.0 Å². The van der Waals surface area contributed by atoms with E-state index in [4.69, 9.17) is 18.9 Å². The summed E-state index contributed by atoms with van der Waals surface area (Å²) in [6.45, 7) is 20.6. The number of hydrogen-bond donors (Lipinski definition) is 3. The third kappa shape index (κ3) is 16.2. The van der Waals surface area contributed by atoms with Gasteiger partial charge in [0.25, 0.3) is 0 Å². The van der Waals surface area contributed by atoms with Gasteiger partial charge in [0.15, 0.2) is 0 Å². The molecule has 1 heterocycles. The molecule has 15 heteroatoms. The predicted molar refractivity (Wildman–Crippen MR) is 242 cm³/mol. The van der Waals surface area contributed by atoms with E-state index >= 15 is 0 Å². The summed E-state index contributed by atoms with van der Waals surface area (Å²) in [6.07, 6.45) is 0.996. The van der Waals surface area contributed by atoms with Crippen molar-refractivity contribution >= 4 is 29.6 Å². The van der Waals surface area contributed by atoms with Gasteiger partial charge in [-0.25, -0.2) is 4.79 Å². The Labute approximate surface area is 373 Å². The SMILES string of the molecule is CC[C@H](C)[C@@H]([C@@H](CC(=O)N1CCC[C@H]1[C@H](OC)[C@@H](C)C(=O)N[C@@H](Cc1ccccc1)C(=O)OC)OC)N(C)C(=O)[C@@H](NC(=O)[C@H](C(C)C)N(C)CCOCCNC(C)C)C(C)C. The summed E-state index contributed by atoms with van der Waals surface area (Å²) in [7, 11) is 8.01. The van der Waals surface area contributed by atoms with E-state index < -0.39 is 54.3 Å². The quantitative estimate of drug-likeness (QED) is 0.0825. The van der Waals surface area contributed by atoms with Crippen LogP contribution in [0.5, 0.6) is 0 Å². The summed E-state index contributed by atoms with van der Waals surface area (Å²) in [6, 6.07) is 6.67. The molecule has 1 aliphatic rings. The van der Waals surface area contributed by atoms with Gasteiger partial charge in [-0.15, -0.1) is 0 Å². The second kappa shape index (κ2) is 27.5. The molecule has 0 aliphatic carbocycles. The third-order valence-electron chi connectivity index (χ3n) is 12.3. The molecule has 0 unspecified atom stereocenters. The van der Waals surface area contributed by atoms with Crippen molar-refractivity contribution in [3.05, 3.63) is 35.9 Å². The van der Waals surface area contributed by atoms with Crippen molar-refractivity contribution in [3.63, 3.8) is 0 Å². The zero-order valence-corrected chi connectivity index (χ0v) is 40.4. The monoisotopic (exact) mass is 875 g/mol. The minimum absolute atomic E-state index is 0.00729. The smallest absolute Gasteiger partial charge is 0.328 e. The number of nitrogens with zero attached hydrogens (tertiary/aromatic N) is 3. The molecule has 1 saturated heterocycles. The maximum absolute atomic E-state index is 14.5. The van der Waals surface area contributed by atoms with E-state index in [0.29, 0.717) is 45.2 Å². The summed E-state index contributed by atoms with van der Waals surface area (Å²) in [5.74, 6) is -2.60. The Morgan fingerprint density at radius 2 is 1.52 bits per heavy atom. The van der Waals surface area contributed by atoms with E-state index in [1.807, 2.05) is 83.8 Å². The first-order valence-corrected chi connectivity index (χ1v) is 22.7. The highest BCUT2D eigenvalue weighted by Crippen LogP contribution is 2.30. The lowest BCUT2D eigenvalue weighted by atomic mass is 9.89. The van der Waals surface area contributed by atoms with Crippen LogP contribution in [0.25, 0.3) is 0 Å². The highest BCUT2D eigenvalue weighted by atomic mass is 16.5. The Hall–Kier alpha value is -3.63. The minimum atomic E-state index is -0.898. The molecule has 1 fully saturated rings. The van der Waals surface area contributed by atoms with E-state index in [2.05, 4.69) is 29.8 Å². The summed E-state index contributed by atoms with van der Waals surface area (Å²) in [5, 5.41) is 9.30. The fourth-order valence-corrected chi connectivity index (χ4v) is 8.65. The number of likely N-dealkylation sites (tertiary alicyclic amines) is 1. The number of nitrogens with one attached hydrogen (secondary N) is 3. The Morgan fingerprint density at radius 1 is 0.855 bits per heavy atom. The molecule has 4 amide bonds. The molecule has 0 saturated carbocycles. The van der Waals surface area contributed by atoms with Crippen LogP contribution in [-0.4, -0.2) is 161 Å². The first-order chi connectivity index (χ1) is 29.3. The molecule has 62 heavy (non-hydrogen) atoms. The Morgan fingerprint density at radius 3 is 2.06 bits per heavy atom. The average molecular weight is 875 g/mol. The van der Waals surface area contributed by atoms with Gasteiger partial charge in [-0.1, -0.05) is 99.1 Å². The van der Waals surface area contributed by atoms with E-state index in [1.54, 1.807) is 30.9 Å². The summed E-state index contributed by atoms with van der Waals surface area (Å²) in [4.78, 5) is 74.7. The molecule has 0 bridgehead atoms. The maximum Gasteiger partial charge on any atom is 0.328 e. The molecular formula is C47H82N6O9. The van der Waals surface area contributed by atoms with Crippen LogP contribution >= 0.6 is 0 Å². The molecule has 3 N–H and O–H groups in total. The maximum atomic E-state index is 14.5. The highest BCUT2D eigenvalue weighted by molar-refractivity contribution is 5.90. The molecular weight excluding hydrogens is 793 g/mol. The van der Waals surface area contributed by atoms with Gasteiger partial charge in [0.2, 0.25) is 23.6 Å². The second-order valence-electron chi connectivity index (χ2n) is 18.0. The molecule has 15 nitrogen and oxygen atoms in total. The van der Waals surface area contributed by atoms with Crippen LogP contribution in [0.4, 0.5) is 0 Å². The molecule has 1 aromatic carbocycles. The third-order valence-corrected chi connectivity index (χ3v) is 12.3. The first-order valence-electron chi connectivity index (χ1n) is 22.7. The van der Waals surface area contributed by atoms with Gasteiger partial charge in [0.05, 0.1) is 63.0 Å². The van der Waals surface area contributed by atoms with Crippen LogP contribution in [0.1, 0.15) is 93.6 Å². The second-order valence-corrected chi connectivity index (χ2v) is 18.0. The summed E-state index contributed by atoms with van der Waals surface area (Å²) < 4.78 is 22.9.